The van der Waals surface area contributed by atoms with Gasteiger partial charge < -0.3 is 19.6 Å². The first-order valence-corrected chi connectivity index (χ1v) is 10.3. The molecule has 7 nitrogen and oxygen atoms in total. The van der Waals surface area contributed by atoms with Crippen molar-refractivity contribution in [1.29, 1.82) is 0 Å². The Morgan fingerprint density at radius 1 is 1.23 bits per heavy atom. The monoisotopic (exact) mass is 418 g/mol. The summed E-state index contributed by atoms with van der Waals surface area (Å²) in [6.45, 7) is 9.35. The minimum Gasteiger partial charge on any atom is -0.378 e. The molecule has 3 heterocycles. The molecule has 2 aliphatic rings. The number of rotatable bonds is 3. The first-order valence-electron chi connectivity index (χ1n) is 10.3. The van der Waals surface area contributed by atoms with Gasteiger partial charge in [-0.25, -0.2) is 9.97 Å². The molecule has 160 valence electrons. The molecule has 2 fully saturated rings. The van der Waals surface area contributed by atoms with Gasteiger partial charge in [-0.1, -0.05) is 30.6 Å². The van der Waals surface area contributed by atoms with Crippen LogP contribution in [0.5, 0.6) is 0 Å². The summed E-state index contributed by atoms with van der Waals surface area (Å²) in [6, 6.07) is 9.47. The lowest BCUT2D eigenvalue weighted by Gasteiger charge is -2.28. The Bertz CT molecular complexity index is 1080. The molecule has 2 aliphatic heterocycles. The van der Waals surface area contributed by atoms with Crippen LogP contribution in [0, 0.1) is 11.8 Å². The Hall–Kier alpha value is -3.21. The second-order valence-corrected chi connectivity index (χ2v) is 7.98. The molecule has 2 aromatic rings. The number of likely N-dealkylation sites (N-methyl/N-ethyl adjacent to an activating group) is 1. The molecule has 2 saturated heterocycles. The first kappa shape index (κ1) is 21.0. The van der Waals surface area contributed by atoms with Gasteiger partial charge in [0.15, 0.2) is 5.82 Å². The van der Waals surface area contributed by atoms with Gasteiger partial charge in [-0.05, 0) is 24.6 Å². The van der Waals surface area contributed by atoms with Crippen molar-refractivity contribution >= 4 is 17.3 Å². The molecule has 1 atom stereocenters. The van der Waals surface area contributed by atoms with Crippen LogP contribution in [-0.2, 0) is 9.53 Å². The Kier molecular flexibility index (Phi) is 5.77. The highest BCUT2D eigenvalue weighted by Gasteiger charge is 2.42. The molecule has 0 unspecified atom stereocenters. The van der Waals surface area contributed by atoms with E-state index in [4.69, 9.17) is 9.72 Å². The largest absolute Gasteiger partial charge is 0.378 e. The normalized spacial score (nSPS) is 21.1. The van der Waals surface area contributed by atoms with E-state index in [0.29, 0.717) is 37.6 Å². The molecule has 0 aliphatic carbocycles. The highest BCUT2D eigenvalue weighted by Crippen LogP contribution is 2.25. The Morgan fingerprint density at radius 3 is 2.68 bits per heavy atom. The minimum absolute atomic E-state index is 0.307. The number of aliphatic hydroxyl groups is 1. The highest BCUT2D eigenvalue weighted by atomic mass is 16.5. The van der Waals surface area contributed by atoms with Crippen molar-refractivity contribution in [1.82, 2.24) is 14.9 Å². The predicted octanol–water partition coefficient (Wildman–Crippen LogP) is 1.96. The molecular weight excluding hydrogens is 392 g/mol. The van der Waals surface area contributed by atoms with Crippen LogP contribution in [0.3, 0.4) is 0 Å². The van der Waals surface area contributed by atoms with Gasteiger partial charge in [-0.3, -0.25) is 4.79 Å². The van der Waals surface area contributed by atoms with Crippen molar-refractivity contribution in [3.63, 3.8) is 0 Å². The number of anilines is 1. The molecule has 1 aromatic heterocycles. The van der Waals surface area contributed by atoms with Crippen LogP contribution in [0.2, 0.25) is 0 Å². The molecular formula is C24H26N4O3. The van der Waals surface area contributed by atoms with Crippen LogP contribution in [0.4, 0.5) is 5.82 Å². The molecule has 0 radical (unpaired) electrons. The third-order valence-corrected chi connectivity index (χ3v) is 5.53. The molecule has 7 heteroatoms. The van der Waals surface area contributed by atoms with Crippen LogP contribution in [0.15, 0.2) is 36.9 Å². The zero-order valence-electron chi connectivity index (χ0n) is 17.9. The van der Waals surface area contributed by atoms with E-state index in [2.05, 4.69) is 28.3 Å². The fourth-order valence-electron chi connectivity index (χ4n) is 3.62. The van der Waals surface area contributed by atoms with Gasteiger partial charge in [0.05, 0.1) is 18.9 Å². The fraction of sp³-hybridized carbons (Fsp3) is 0.375. The number of carbonyl (C=O) groups excluding carboxylic acids is 1. The average Bonchev–Trinajstić information content (AvgIpc) is 3.06. The van der Waals surface area contributed by atoms with Crippen LogP contribution < -0.4 is 4.90 Å². The molecule has 1 N–H and O–H groups in total. The number of ether oxygens (including phenoxy) is 1. The van der Waals surface area contributed by atoms with Crippen molar-refractivity contribution in [2.24, 2.45) is 0 Å². The van der Waals surface area contributed by atoms with E-state index >= 15 is 0 Å². The van der Waals surface area contributed by atoms with Gasteiger partial charge in [0, 0.05) is 50.3 Å². The number of nitrogens with zero attached hydrogens (tertiary/aromatic N) is 4. The van der Waals surface area contributed by atoms with Gasteiger partial charge in [-0.2, -0.15) is 0 Å². The molecule has 4 rings (SSSR count). The van der Waals surface area contributed by atoms with E-state index < -0.39 is 5.60 Å². The summed E-state index contributed by atoms with van der Waals surface area (Å²) in [5.41, 5.74) is 1.53. The predicted molar refractivity (Wildman–Crippen MR) is 119 cm³/mol. The third-order valence-electron chi connectivity index (χ3n) is 5.53. The molecule has 1 aromatic carbocycles. The summed E-state index contributed by atoms with van der Waals surface area (Å²) in [7, 11) is 1.67. The van der Waals surface area contributed by atoms with Crippen LogP contribution >= 0.6 is 0 Å². The number of likely N-dealkylation sites (tertiary alicyclic amines) is 1. The Labute approximate surface area is 182 Å². The lowest BCUT2D eigenvalue weighted by molar-refractivity contribution is -0.137. The number of benzene rings is 1. The lowest BCUT2D eigenvalue weighted by Crippen LogP contribution is -2.37. The maximum atomic E-state index is 12.2. The number of hydrogen-bond donors (Lipinski definition) is 1. The van der Waals surface area contributed by atoms with E-state index in [9.17, 15) is 9.90 Å². The van der Waals surface area contributed by atoms with Crippen molar-refractivity contribution < 1.29 is 14.6 Å². The first-order chi connectivity index (χ1) is 14.9. The Balaban J connectivity index is 1.67. The summed E-state index contributed by atoms with van der Waals surface area (Å²) in [5, 5.41) is 10.5. The maximum Gasteiger partial charge on any atom is 0.267 e. The van der Waals surface area contributed by atoms with E-state index in [-0.39, 0.29) is 5.91 Å². The maximum absolute atomic E-state index is 12.2. The minimum atomic E-state index is -1.62. The SMILES string of the molecule is C=C(C)c1cc(N2CCOCC2)nc(-c2cccc(C#C[C@]3(O)CCN(C)C3=O)c2)n1. The highest BCUT2D eigenvalue weighted by molar-refractivity contribution is 5.90. The van der Waals surface area contributed by atoms with Crippen molar-refractivity contribution in [3.8, 4) is 23.2 Å². The van der Waals surface area contributed by atoms with Crippen molar-refractivity contribution in [2.75, 3.05) is 44.8 Å². The van der Waals surface area contributed by atoms with Gasteiger partial charge in [0.1, 0.15) is 5.82 Å². The summed E-state index contributed by atoms with van der Waals surface area (Å²) < 4.78 is 5.46. The summed E-state index contributed by atoms with van der Waals surface area (Å²) >= 11 is 0. The average molecular weight is 418 g/mol. The molecule has 0 saturated carbocycles. The van der Waals surface area contributed by atoms with E-state index in [1.807, 2.05) is 37.3 Å². The smallest absolute Gasteiger partial charge is 0.267 e. The topological polar surface area (TPSA) is 78.8 Å². The van der Waals surface area contributed by atoms with E-state index in [0.717, 1.165) is 35.7 Å². The quantitative estimate of drug-likeness (QED) is 0.768. The summed E-state index contributed by atoms with van der Waals surface area (Å²) in [4.78, 5) is 25.3. The second kappa shape index (κ2) is 8.50. The number of carbonyl (C=O) groups is 1. The summed E-state index contributed by atoms with van der Waals surface area (Å²) in [5.74, 6) is 6.79. The second-order valence-electron chi connectivity index (χ2n) is 7.98. The fourth-order valence-corrected chi connectivity index (χ4v) is 3.62. The third kappa shape index (κ3) is 4.46. The molecule has 0 spiro atoms. The zero-order valence-corrected chi connectivity index (χ0v) is 17.9. The zero-order chi connectivity index (χ0) is 22.0. The molecule has 1 amide bonds. The van der Waals surface area contributed by atoms with E-state index in [1.165, 1.54) is 4.90 Å². The number of aromatic nitrogens is 2. The van der Waals surface area contributed by atoms with E-state index in [1.54, 1.807) is 7.05 Å². The van der Waals surface area contributed by atoms with Gasteiger partial charge in [0.2, 0.25) is 5.60 Å². The Morgan fingerprint density at radius 2 is 2.00 bits per heavy atom. The lowest BCUT2D eigenvalue weighted by atomic mass is 10.0. The van der Waals surface area contributed by atoms with Crippen LogP contribution in [0.1, 0.15) is 24.6 Å². The van der Waals surface area contributed by atoms with Crippen molar-refractivity contribution in [2.45, 2.75) is 18.9 Å². The standard InChI is InChI=1S/C24H26N4O3/c1-17(2)20-16-21(28-11-13-31-14-12-28)26-22(25-20)19-6-4-5-18(15-19)7-8-24(30)9-10-27(3)23(24)29/h4-6,15-16,30H,1,9-14H2,2-3H3/t24-/m0/s1. The molecule has 0 bridgehead atoms. The molecule has 31 heavy (non-hydrogen) atoms. The van der Waals surface area contributed by atoms with Gasteiger partial charge >= 0.3 is 0 Å². The van der Waals surface area contributed by atoms with Crippen LogP contribution in [0.25, 0.3) is 17.0 Å². The number of allylic oxidation sites excluding steroid dienone is 1. The summed E-state index contributed by atoms with van der Waals surface area (Å²) in [6.07, 6.45) is 0.307. The number of amides is 1. The van der Waals surface area contributed by atoms with Gasteiger partial charge in [-0.15, -0.1) is 0 Å². The number of morpholine rings is 1. The number of hydrogen-bond acceptors (Lipinski definition) is 6. The van der Waals surface area contributed by atoms with Gasteiger partial charge in [0.25, 0.3) is 5.91 Å². The van der Waals surface area contributed by atoms with Crippen LogP contribution in [-0.4, -0.2) is 71.4 Å². The van der Waals surface area contributed by atoms with Crippen molar-refractivity contribution in [3.05, 3.63) is 48.2 Å².